The smallest absolute Gasteiger partial charge is 0.217 e. The van der Waals surface area contributed by atoms with Gasteiger partial charge in [0, 0.05) is 13.2 Å². The summed E-state index contributed by atoms with van der Waals surface area (Å²) in [7, 11) is 1.88. The summed E-state index contributed by atoms with van der Waals surface area (Å²) in [6, 6.07) is 7.76. The van der Waals surface area contributed by atoms with Crippen molar-refractivity contribution in [2.45, 2.75) is 13.0 Å². The quantitative estimate of drug-likeness (QED) is 0.767. The molecular weight excluding hydrogens is 228 g/mol. The van der Waals surface area contributed by atoms with E-state index in [1.807, 2.05) is 44.4 Å². The molecule has 2 heterocycles. The number of aryl methyl sites for hydroxylation is 1. The van der Waals surface area contributed by atoms with Crippen molar-refractivity contribution < 1.29 is 4.42 Å². The highest BCUT2D eigenvalue weighted by Gasteiger charge is 2.13. The highest BCUT2D eigenvalue weighted by atomic mass is 16.3. The lowest BCUT2D eigenvalue weighted by molar-refractivity contribution is 0.506. The lowest BCUT2D eigenvalue weighted by Crippen LogP contribution is -2.06. The summed E-state index contributed by atoms with van der Waals surface area (Å²) in [5.41, 5.74) is 2.65. The van der Waals surface area contributed by atoms with Crippen molar-refractivity contribution in [2.75, 3.05) is 5.32 Å². The summed E-state index contributed by atoms with van der Waals surface area (Å²) in [5, 5.41) is 7.41. The van der Waals surface area contributed by atoms with Gasteiger partial charge in [-0.2, -0.15) is 5.10 Å². The number of benzene rings is 1. The standard InChI is InChI=1S/C13H14N4O/c1-9(15-10-7-14-17(2)8-10)13-16-11-5-3-4-6-12(11)18-13/h3-9,15H,1-2H3/t9-/m1/s1. The maximum Gasteiger partial charge on any atom is 0.217 e. The van der Waals surface area contributed by atoms with E-state index in [0.717, 1.165) is 16.8 Å². The van der Waals surface area contributed by atoms with Gasteiger partial charge in [0.25, 0.3) is 0 Å². The Morgan fingerprint density at radius 2 is 2.17 bits per heavy atom. The molecule has 0 aliphatic rings. The first-order valence-corrected chi connectivity index (χ1v) is 5.83. The Bertz CT molecular complexity index is 637. The van der Waals surface area contributed by atoms with E-state index in [1.165, 1.54) is 0 Å². The van der Waals surface area contributed by atoms with Crippen molar-refractivity contribution in [1.82, 2.24) is 14.8 Å². The average molecular weight is 242 g/mol. The van der Waals surface area contributed by atoms with Gasteiger partial charge in [-0.15, -0.1) is 0 Å². The SMILES string of the molecule is C[C@@H](Nc1cnn(C)c1)c1nc2ccccc2o1. The molecular formula is C13H14N4O. The fraction of sp³-hybridized carbons (Fsp3) is 0.231. The molecule has 1 aromatic carbocycles. The van der Waals surface area contributed by atoms with E-state index in [0.29, 0.717) is 5.89 Å². The summed E-state index contributed by atoms with van der Waals surface area (Å²) < 4.78 is 7.46. The molecule has 1 atom stereocenters. The molecule has 0 amide bonds. The number of anilines is 1. The van der Waals surface area contributed by atoms with Crippen LogP contribution in [0.25, 0.3) is 11.1 Å². The maximum absolute atomic E-state index is 5.71. The minimum atomic E-state index is 0.00148. The van der Waals surface area contributed by atoms with Crippen LogP contribution >= 0.6 is 0 Å². The fourth-order valence-corrected chi connectivity index (χ4v) is 1.88. The second-order valence-corrected chi connectivity index (χ2v) is 4.29. The van der Waals surface area contributed by atoms with Gasteiger partial charge in [0.1, 0.15) is 11.6 Å². The van der Waals surface area contributed by atoms with Gasteiger partial charge < -0.3 is 9.73 Å². The summed E-state index contributed by atoms with van der Waals surface area (Å²) in [4.78, 5) is 4.46. The highest BCUT2D eigenvalue weighted by molar-refractivity contribution is 5.72. The summed E-state index contributed by atoms with van der Waals surface area (Å²) in [5.74, 6) is 0.681. The number of hydrogen-bond donors (Lipinski definition) is 1. The van der Waals surface area contributed by atoms with Crippen LogP contribution in [0.4, 0.5) is 5.69 Å². The van der Waals surface area contributed by atoms with Crippen LogP contribution in [0, 0.1) is 0 Å². The van der Waals surface area contributed by atoms with E-state index < -0.39 is 0 Å². The van der Waals surface area contributed by atoms with Crippen LogP contribution in [0.1, 0.15) is 18.9 Å². The zero-order valence-corrected chi connectivity index (χ0v) is 10.3. The molecule has 0 bridgehead atoms. The van der Waals surface area contributed by atoms with E-state index in [4.69, 9.17) is 4.42 Å². The van der Waals surface area contributed by atoms with Crippen LogP contribution < -0.4 is 5.32 Å². The van der Waals surface area contributed by atoms with Gasteiger partial charge in [0.15, 0.2) is 5.58 Å². The number of para-hydroxylation sites is 2. The topological polar surface area (TPSA) is 55.9 Å². The minimum Gasteiger partial charge on any atom is -0.438 e. The first kappa shape index (κ1) is 10.8. The summed E-state index contributed by atoms with van der Waals surface area (Å²) in [6.07, 6.45) is 3.69. The fourth-order valence-electron chi connectivity index (χ4n) is 1.88. The molecule has 0 fully saturated rings. The molecule has 92 valence electrons. The molecule has 0 spiro atoms. The van der Waals surface area contributed by atoms with Crippen molar-refractivity contribution in [2.24, 2.45) is 7.05 Å². The van der Waals surface area contributed by atoms with Crippen LogP contribution in [0.15, 0.2) is 41.1 Å². The van der Waals surface area contributed by atoms with Gasteiger partial charge in [-0.25, -0.2) is 4.98 Å². The summed E-state index contributed by atoms with van der Waals surface area (Å²) in [6.45, 7) is 2.01. The normalized spacial score (nSPS) is 12.8. The Kier molecular flexibility index (Phi) is 2.51. The second-order valence-electron chi connectivity index (χ2n) is 4.29. The number of fused-ring (bicyclic) bond motifs is 1. The van der Waals surface area contributed by atoms with Crippen molar-refractivity contribution >= 4 is 16.8 Å². The molecule has 0 aliphatic carbocycles. The molecule has 5 nitrogen and oxygen atoms in total. The Morgan fingerprint density at radius 3 is 2.89 bits per heavy atom. The zero-order valence-electron chi connectivity index (χ0n) is 10.3. The predicted octanol–water partition coefficient (Wildman–Crippen LogP) is 2.73. The molecule has 1 N–H and O–H groups in total. The van der Waals surface area contributed by atoms with E-state index >= 15 is 0 Å². The first-order chi connectivity index (χ1) is 8.72. The molecule has 0 saturated carbocycles. The van der Waals surface area contributed by atoms with Crippen LogP contribution in [0.2, 0.25) is 0 Å². The number of oxazole rings is 1. The van der Waals surface area contributed by atoms with E-state index in [9.17, 15) is 0 Å². The molecule has 0 saturated heterocycles. The maximum atomic E-state index is 5.71. The monoisotopic (exact) mass is 242 g/mol. The number of aromatic nitrogens is 3. The molecule has 0 aliphatic heterocycles. The van der Waals surface area contributed by atoms with E-state index in [1.54, 1.807) is 10.9 Å². The Labute approximate surface area is 104 Å². The molecule has 3 rings (SSSR count). The summed E-state index contributed by atoms with van der Waals surface area (Å²) >= 11 is 0. The van der Waals surface area contributed by atoms with Crippen molar-refractivity contribution in [1.29, 1.82) is 0 Å². The van der Waals surface area contributed by atoms with Gasteiger partial charge >= 0.3 is 0 Å². The van der Waals surface area contributed by atoms with Crippen LogP contribution in [-0.4, -0.2) is 14.8 Å². The van der Waals surface area contributed by atoms with Crippen molar-refractivity contribution in [3.05, 3.63) is 42.5 Å². The first-order valence-electron chi connectivity index (χ1n) is 5.83. The number of nitrogens with zero attached hydrogens (tertiary/aromatic N) is 3. The molecule has 18 heavy (non-hydrogen) atoms. The van der Waals surface area contributed by atoms with E-state index in [2.05, 4.69) is 15.4 Å². The second kappa shape index (κ2) is 4.18. The van der Waals surface area contributed by atoms with Crippen LogP contribution in [-0.2, 0) is 7.05 Å². The Morgan fingerprint density at radius 1 is 1.33 bits per heavy atom. The number of nitrogens with one attached hydrogen (secondary N) is 1. The van der Waals surface area contributed by atoms with Gasteiger partial charge in [-0.3, -0.25) is 4.68 Å². The predicted molar refractivity (Wildman–Crippen MR) is 69.3 cm³/mol. The van der Waals surface area contributed by atoms with Crippen LogP contribution in [0.3, 0.4) is 0 Å². The third-order valence-corrected chi connectivity index (χ3v) is 2.77. The van der Waals surface area contributed by atoms with Crippen LogP contribution in [0.5, 0.6) is 0 Å². The lowest BCUT2D eigenvalue weighted by Gasteiger charge is -2.08. The third kappa shape index (κ3) is 1.95. The molecule has 0 unspecified atom stereocenters. The van der Waals surface area contributed by atoms with Gasteiger partial charge in [0.05, 0.1) is 11.9 Å². The highest BCUT2D eigenvalue weighted by Crippen LogP contribution is 2.22. The lowest BCUT2D eigenvalue weighted by atomic mass is 10.3. The number of hydrogen-bond acceptors (Lipinski definition) is 4. The Balaban J connectivity index is 1.85. The van der Waals surface area contributed by atoms with Crippen molar-refractivity contribution in [3.63, 3.8) is 0 Å². The molecule has 2 aromatic heterocycles. The van der Waals surface area contributed by atoms with Gasteiger partial charge in [-0.05, 0) is 19.1 Å². The zero-order chi connectivity index (χ0) is 12.5. The largest absolute Gasteiger partial charge is 0.438 e. The Hall–Kier alpha value is -2.30. The third-order valence-electron chi connectivity index (χ3n) is 2.77. The van der Waals surface area contributed by atoms with Gasteiger partial charge in [-0.1, -0.05) is 12.1 Å². The molecule has 5 heteroatoms. The molecule has 0 radical (unpaired) electrons. The molecule has 3 aromatic rings. The number of rotatable bonds is 3. The average Bonchev–Trinajstić information content (AvgIpc) is 2.95. The van der Waals surface area contributed by atoms with E-state index in [-0.39, 0.29) is 6.04 Å². The minimum absolute atomic E-state index is 0.00148. The van der Waals surface area contributed by atoms with Gasteiger partial charge in [0.2, 0.25) is 5.89 Å². The van der Waals surface area contributed by atoms with Crippen molar-refractivity contribution in [3.8, 4) is 0 Å².